The number of amides is 2. The van der Waals surface area contributed by atoms with Gasteiger partial charge in [0.15, 0.2) is 0 Å². The third kappa shape index (κ3) is 7.99. The molecular formula is C22H26BrN3O4S. The van der Waals surface area contributed by atoms with Gasteiger partial charge in [0.25, 0.3) is 5.69 Å². The van der Waals surface area contributed by atoms with Gasteiger partial charge in [0.2, 0.25) is 11.8 Å². The first-order valence-electron chi connectivity index (χ1n) is 9.82. The fourth-order valence-corrected chi connectivity index (χ4v) is 3.96. The summed E-state index contributed by atoms with van der Waals surface area (Å²) in [4.78, 5) is 37.5. The van der Waals surface area contributed by atoms with Crippen LogP contribution in [0.1, 0.15) is 31.9 Å². The molecule has 7 nitrogen and oxygen atoms in total. The standard InChI is InChI=1S/C22H26BrN3O4S/c1-15(2)24-22(28)16(3)25(12-17-4-8-19(23)9-5-17)21(27)14-31-13-18-6-10-20(11-7-18)26(29)30/h4-11,15-16H,12-14H2,1-3H3,(H,24,28)/t16-/m1/s1. The number of nitrogens with one attached hydrogen (secondary N) is 1. The van der Waals surface area contributed by atoms with Gasteiger partial charge < -0.3 is 10.2 Å². The van der Waals surface area contributed by atoms with E-state index in [4.69, 9.17) is 0 Å². The first-order valence-corrected chi connectivity index (χ1v) is 11.8. The summed E-state index contributed by atoms with van der Waals surface area (Å²) >= 11 is 4.82. The zero-order chi connectivity index (χ0) is 23.0. The topological polar surface area (TPSA) is 92.6 Å². The van der Waals surface area contributed by atoms with Crippen LogP contribution in [-0.4, -0.2) is 39.5 Å². The summed E-state index contributed by atoms with van der Waals surface area (Å²) in [6, 6.07) is 13.3. The highest BCUT2D eigenvalue weighted by molar-refractivity contribution is 9.10. The van der Waals surface area contributed by atoms with Gasteiger partial charge in [-0.2, -0.15) is 0 Å². The minimum atomic E-state index is -0.612. The average Bonchev–Trinajstić information content (AvgIpc) is 2.72. The van der Waals surface area contributed by atoms with Crippen molar-refractivity contribution in [2.75, 3.05) is 5.75 Å². The van der Waals surface area contributed by atoms with Crippen LogP contribution in [0.15, 0.2) is 53.0 Å². The van der Waals surface area contributed by atoms with Crippen LogP contribution in [0, 0.1) is 10.1 Å². The molecule has 0 bridgehead atoms. The first-order chi connectivity index (χ1) is 14.7. The van der Waals surface area contributed by atoms with Crippen LogP contribution in [0.2, 0.25) is 0 Å². The van der Waals surface area contributed by atoms with Crippen molar-refractivity contribution in [3.8, 4) is 0 Å². The Morgan fingerprint density at radius 1 is 1.06 bits per heavy atom. The number of hydrogen-bond acceptors (Lipinski definition) is 5. The van der Waals surface area contributed by atoms with Crippen LogP contribution in [0.4, 0.5) is 5.69 Å². The molecule has 0 spiro atoms. The van der Waals surface area contributed by atoms with Gasteiger partial charge in [0.1, 0.15) is 6.04 Å². The second-order valence-corrected chi connectivity index (χ2v) is 9.30. The highest BCUT2D eigenvalue weighted by Crippen LogP contribution is 2.19. The zero-order valence-electron chi connectivity index (χ0n) is 17.7. The number of hydrogen-bond donors (Lipinski definition) is 1. The quantitative estimate of drug-likeness (QED) is 0.376. The molecule has 2 rings (SSSR count). The van der Waals surface area contributed by atoms with Crippen LogP contribution >= 0.6 is 27.7 Å². The molecule has 1 N–H and O–H groups in total. The summed E-state index contributed by atoms with van der Waals surface area (Å²) in [5.74, 6) is 0.414. The van der Waals surface area contributed by atoms with Gasteiger partial charge in [0, 0.05) is 34.9 Å². The Morgan fingerprint density at radius 2 is 1.65 bits per heavy atom. The van der Waals surface area contributed by atoms with Crippen LogP contribution < -0.4 is 5.32 Å². The summed E-state index contributed by atoms with van der Waals surface area (Å²) in [5.41, 5.74) is 1.87. The number of halogens is 1. The fraction of sp³-hybridized carbons (Fsp3) is 0.364. The zero-order valence-corrected chi connectivity index (χ0v) is 20.1. The molecule has 0 aliphatic heterocycles. The lowest BCUT2D eigenvalue weighted by Crippen LogP contribution is -2.49. The highest BCUT2D eigenvalue weighted by Gasteiger charge is 2.26. The van der Waals surface area contributed by atoms with Gasteiger partial charge in [-0.05, 0) is 44.0 Å². The van der Waals surface area contributed by atoms with Crippen LogP contribution in [0.25, 0.3) is 0 Å². The van der Waals surface area contributed by atoms with Crippen LogP contribution in [0.5, 0.6) is 0 Å². The largest absolute Gasteiger partial charge is 0.352 e. The van der Waals surface area contributed by atoms with Gasteiger partial charge >= 0.3 is 0 Å². The average molecular weight is 508 g/mol. The summed E-state index contributed by atoms with van der Waals surface area (Å²) < 4.78 is 0.943. The maximum absolute atomic E-state index is 13.0. The van der Waals surface area contributed by atoms with Gasteiger partial charge in [-0.25, -0.2) is 0 Å². The highest BCUT2D eigenvalue weighted by atomic mass is 79.9. The summed E-state index contributed by atoms with van der Waals surface area (Å²) in [5, 5.41) is 13.6. The Morgan fingerprint density at radius 3 is 2.19 bits per heavy atom. The predicted molar refractivity (Wildman–Crippen MR) is 127 cm³/mol. The molecule has 0 radical (unpaired) electrons. The van der Waals surface area contributed by atoms with E-state index < -0.39 is 11.0 Å². The van der Waals surface area contributed by atoms with E-state index in [2.05, 4.69) is 21.2 Å². The summed E-state index contributed by atoms with van der Waals surface area (Å²) in [6.45, 7) is 5.82. The molecule has 0 saturated heterocycles. The van der Waals surface area contributed by atoms with Crippen molar-refractivity contribution in [2.24, 2.45) is 0 Å². The number of thioether (sulfide) groups is 1. The van der Waals surface area contributed by atoms with Gasteiger partial charge in [-0.15, -0.1) is 11.8 Å². The molecule has 0 unspecified atom stereocenters. The molecule has 2 aromatic carbocycles. The number of non-ortho nitro benzene ring substituents is 1. The fourth-order valence-electron chi connectivity index (χ4n) is 2.83. The molecule has 0 aliphatic carbocycles. The van der Waals surface area contributed by atoms with Crippen molar-refractivity contribution in [1.29, 1.82) is 0 Å². The van der Waals surface area contributed by atoms with E-state index in [0.717, 1.165) is 15.6 Å². The number of nitro benzene ring substituents is 1. The van der Waals surface area contributed by atoms with E-state index >= 15 is 0 Å². The molecule has 0 fully saturated rings. The van der Waals surface area contributed by atoms with E-state index in [1.54, 1.807) is 24.0 Å². The van der Waals surface area contributed by atoms with E-state index in [-0.39, 0.29) is 29.3 Å². The summed E-state index contributed by atoms with van der Waals surface area (Å²) in [6.07, 6.45) is 0. The van der Waals surface area contributed by atoms with Crippen molar-refractivity contribution in [3.05, 3.63) is 74.2 Å². The molecule has 0 aromatic heterocycles. The number of rotatable bonds is 10. The Labute approximate surface area is 194 Å². The van der Waals surface area contributed by atoms with Crippen molar-refractivity contribution in [2.45, 2.75) is 45.2 Å². The van der Waals surface area contributed by atoms with Crippen molar-refractivity contribution < 1.29 is 14.5 Å². The third-order valence-corrected chi connectivity index (χ3v) is 6.02. The third-order valence-electron chi connectivity index (χ3n) is 4.51. The lowest BCUT2D eigenvalue weighted by atomic mass is 10.1. The molecule has 9 heteroatoms. The smallest absolute Gasteiger partial charge is 0.269 e. The monoisotopic (exact) mass is 507 g/mol. The lowest BCUT2D eigenvalue weighted by Gasteiger charge is -2.29. The molecule has 2 aromatic rings. The molecule has 2 amide bonds. The number of carbonyl (C=O) groups excluding carboxylic acids is 2. The predicted octanol–water partition coefficient (Wildman–Crippen LogP) is 4.53. The van der Waals surface area contributed by atoms with Crippen molar-refractivity contribution in [1.82, 2.24) is 10.2 Å². The number of carbonyl (C=O) groups is 2. The molecular weight excluding hydrogens is 482 g/mol. The van der Waals surface area contributed by atoms with E-state index in [1.165, 1.54) is 23.9 Å². The van der Waals surface area contributed by atoms with Crippen molar-refractivity contribution in [3.63, 3.8) is 0 Å². The van der Waals surface area contributed by atoms with Crippen LogP contribution in [0.3, 0.4) is 0 Å². The SMILES string of the molecule is CC(C)NC(=O)[C@@H](C)N(Cc1ccc(Br)cc1)C(=O)CSCc1ccc([N+](=O)[O-])cc1. The van der Waals surface area contributed by atoms with Crippen LogP contribution in [-0.2, 0) is 21.9 Å². The molecule has 0 saturated carbocycles. The van der Waals surface area contributed by atoms with Crippen molar-refractivity contribution >= 4 is 45.2 Å². The number of benzene rings is 2. The van der Waals surface area contributed by atoms with Gasteiger partial charge in [-0.1, -0.05) is 40.2 Å². The molecule has 1 atom stereocenters. The molecule has 0 aliphatic rings. The Balaban J connectivity index is 2.04. The number of nitrogens with zero attached hydrogens (tertiary/aromatic N) is 2. The lowest BCUT2D eigenvalue weighted by molar-refractivity contribution is -0.384. The second-order valence-electron chi connectivity index (χ2n) is 7.40. The maximum Gasteiger partial charge on any atom is 0.269 e. The minimum Gasteiger partial charge on any atom is -0.352 e. The number of nitro groups is 1. The van der Waals surface area contributed by atoms with E-state index in [1.807, 2.05) is 38.1 Å². The Hall–Kier alpha value is -2.39. The van der Waals surface area contributed by atoms with E-state index in [0.29, 0.717) is 12.3 Å². The van der Waals surface area contributed by atoms with Gasteiger partial charge in [-0.3, -0.25) is 19.7 Å². The Bertz CT molecular complexity index is 904. The summed E-state index contributed by atoms with van der Waals surface area (Å²) in [7, 11) is 0. The first kappa shape index (κ1) is 24.9. The maximum atomic E-state index is 13.0. The minimum absolute atomic E-state index is 0.0175. The van der Waals surface area contributed by atoms with E-state index in [9.17, 15) is 19.7 Å². The normalized spacial score (nSPS) is 11.8. The Kier molecular flexibility index (Phi) is 9.51. The molecule has 166 valence electrons. The van der Waals surface area contributed by atoms with Gasteiger partial charge in [0.05, 0.1) is 10.7 Å². The second kappa shape index (κ2) is 11.9. The molecule has 0 heterocycles. The molecule has 31 heavy (non-hydrogen) atoms.